The van der Waals surface area contributed by atoms with Crippen LogP contribution in [0.25, 0.3) is 0 Å². The number of rotatable bonds is 3. The van der Waals surface area contributed by atoms with Crippen LogP contribution in [0.15, 0.2) is 6.20 Å². The van der Waals surface area contributed by atoms with Gasteiger partial charge in [-0.1, -0.05) is 12.8 Å². The van der Waals surface area contributed by atoms with Crippen LogP contribution in [-0.4, -0.2) is 27.0 Å². The normalized spacial score (nSPS) is 27.1. The minimum atomic E-state index is -0.192. The van der Waals surface area contributed by atoms with Gasteiger partial charge in [0.15, 0.2) is 0 Å². The summed E-state index contributed by atoms with van der Waals surface area (Å²) in [5.74, 6) is 0. The Morgan fingerprint density at radius 3 is 2.76 bits per heavy atom. The fourth-order valence-electron chi connectivity index (χ4n) is 2.76. The molecule has 1 aliphatic carbocycles. The molecule has 17 heavy (non-hydrogen) atoms. The van der Waals surface area contributed by atoms with E-state index in [0.29, 0.717) is 0 Å². The molecule has 2 rings (SSSR count). The first-order chi connectivity index (χ1) is 8.08. The van der Waals surface area contributed by atoms with Crippen LogP contribution in [0.2, 0.25) is 0 Å². The molecule has 1 fully saturated rings. The van der Waals surface area contributed by atoms with E-state index in [2.05, 4.69) is 23.5 Å². The maximum absolute atomic E-state index is 9.96. The van der Waals surface area contributed by atoms with Crippen LogP contribution in [0, 0.1) is 6.92 Å². The predicted octanol–water partition coefficient (Wildman–Crippen LogP) is 1.68. The van der Waals surface area contributed by atoms with Gasteiger partial charge in [-0.2, -0.15) is 5.10 Å². The number of hydrogen-bond donors (Lipinski definition) is 2. The highest BCUT2D eigenvalue weighted by molar-refractivity contribution is 5.19. The minimum absolute atomic E-state index is 0.192. The van der Waals surface area contributed by atoms with Crippen molar-refractivity contribution in [3.8, 4) is 0 Å². The van der Waals surface area contributed by atoms with Gasteiger partial charge < -0.3 is 10.4 Å². The lowest BCUT2D eigenvalue weighted by atomic mass is 9.91. The molecule has 4 nitrogen and oxygen atoms in total. The average molecular weight is 237 g/mol. The summed E-state index contributed by atoms with van der Waals surface area (Å²) < 4.78 is 1.85. The van der Waals surface area contributed by atoms with Crippen molar-refractivity contribution >= 4 is 0 Å². The van der Waals surface area contributed by atoms with Crippen molar-refractivity contribution in [2.45, 2.75) is 57.7 Å². The Labute approximate surface area is 103 Å². The van der Waals surface area contributed by atoms with Crippen LogP contribution in [0.1, 0.15) is 49.9 Å². The van der Waals surface area contributed by atoms with Gasteiger partial charge in [0.2, 0.25) is 0 Å². The highest BCUT2D eigenvalue weighted by Gasteiger charge is 2.25. The van der Waals surface area contributed by atoms with Gasteiger partial charge in [-0.15, -0.1) is 0 Å². The molecule has 1 heterocycles. The first-order valence-corrected chi connectivity index (χ1v) is 6.52. The SMILES string of the molecule is Cc1nn(C)cc1C(C)NC1CCCCC1O. The lowest BCUT2D eigenvalue weighted by molar-refractivity contribution is 0.0859. The molecule has 0 radical (unpaired) electrons. The number of aromatic nitrogens is 2. The van der Waals surface area contributed by atoms with Crippen molar-refractivity contribution in [1.29, 1.82) is 0 Å². The van der Waals surface area contributed by atoms with Gasteiger partial charge in [0.05, 0.1) is 11.8 Å². The second-order valence-corrected chi connectivity index (χ2v) is 5.19. The van der Waals surface area contributed by atoms with Crippen molar-refractivity contribution in [2.75, 3.05) is 0 Å². The summed E-state index contributed by atoms with van der Waals surface area (Å²) in [6.07, 6.45) is 6.24. The third kappa shape index (κ3) is 2.87. The van der Waals surface area contributed by atoms with Crippen molar-refractivity contribution in [2.24, 2.45) is 7.05 Å². The molecular formula is C13H23N3O. The summed E-state index contributed by atoms with van der Waals surface area (Å²) in [7, 11) is 1.94. The molecule has 3 atom stereocenters. The van der Waals surface area contributed by atoms with E-state index in [1.807, 2.05) is 18.7 Å². The molecule has 1 aliphatic rings. The monoisotopic (exact) mass is 237 g/mol. The van der Waals surface area contributed by atoms with Gasteiger partial charge in [0.25, 0.3) is 0 Å². The number of aryl methyl sites for hydroxylation is 2. The highest BCUT2D eigenvalue weighted by Crippen LogP contribution is 2.23. The predicted molar refractivity (Wildman–Crippen MR) is 67.8 cm³/mol. The van der Waals surface area contributed by atoms with E-state index >= 15 is 0 Å². The molecular weight excluding hydrogens is 214 g/mol. The lowest BCUT2D eigenvalue weighted by Gasteiger charge is -2.31. The number of nitrogens with one attached hydrogen (secondary N) is 1. The van der Waals surface area contributed by atoms with Crippen LogP contribution < -0.4 is 5.32 Å². The molecule has 0 aromatic carbocycles. The maximum Gasteiger partial charge on any atom is 0.0693 e. The second kappa shape index (κ2) is 5.19. The average Bonchev–Trinajstić information content (AvgIpc) is 2.61. The Hall–Kier alpha value is -0.870. The van der Waals surface area contributed by atoms with E-state index in [1.165, 1.54) is 12.0 Å². The zero-order chi connectivity index (χ0) is 12.4. The van der Waals surface area contributed by atoms with Crippen LogP contribution in [-0.2, 0) is 7.05 Å². The largest absolute Gasteiger partial charge is 0.392 e. The van der Waals surface area contributed by atoms with Gasteiger partial charge in [0.1, 0.15) is 0 Å². The molecule has 1 aromatic heterocycles. The Morgan fingerprint density at radius 2 is 2.18 bits per heavy atom. The molecule has 96 valence electrons. The molecule has 0 amide bonds. The van der Waals surface area contributed by atoms with Crippen molar-refractivity contribution < 1.29 is 5.11 Å². The molecule has 2 N–H and O–H groups in total. The Kier molecular flexibility index (Phi) is 3.84. The van der Waals surface area contributed by atoms with Gasteiger partial charge in [-0.05, 0) is 26.7 Å². The topological polar surface area (TPSA) is 50.1 Å². The molecule has 4 heteroatoms. The summed E-state index contributed by atoms with van der Waals surface area (Å²) in [6, 6.07) is 0.486. The molecule has 1 saturated carbocycles. The minimum Gasteiger partial charge on any atom is -0.392 e. The standard InChI is InChI=1S/C13H23N3O/c1-9(11-8-16(3)15-10(11)2)14-12-6-4-5-7-13(12)17/h8-9,12-14,17H,4-7H2,1-3H3. The van der Waals surface area contributed by atoms with Gasteiger partial charge in [-0.3, -0.25) is 4.68 Å². The van der Waals surface area contributed by atoms with Crippen LogP contribution in [0.5, 0.6) is 0 Å². The first-order valence-electron chi connectivity index (χ1n) is 6.52. The maximum atomic E-state index is 9.96. The fourth-order valence-corrected chi connectivity index (χ4v) is 2.76. The van der Waals surface area contributed by atoms with E-state index in [0.717, 1.165) is 25.0 Å². The van der Waals surface area contributed by atoms with Crippen molar-refractivity contribution in [1.82, 2.24) is 15.1 Å². The van der Waals surface area contributed by atoms with E-state index in [1.54, 1.807) is 0 Å². The van der Waals surface area contributed by atoms with Gasteiger partial charge >= 0.3 is 0 Å². The zero-order valence-corrected chi connectivity index (χ0v) is 11.0. The number of nitrogens with zero attached hydrogens (tertiary/aromatic N) is 2. The molecule has 0 spiro atoms. The zero-order valence-electron chi connectivity index (χ0n) is 11.0. The first kappa shape index (κ1) is 12.6. The van der Waals surface area contributed by atoms with Crippen molar-refractivity contribution in [3.05, 3.63) is 17.5 Å². The summed E-state index contributed by atoms with van der Waals surface area (Å²) >= 11 is 0. The molecule has 0 saturated heterocycles. The molecule has 0 bridgehead atoms. The lowest BCUT2D eigenvalue weighted by Crippen LogP contribution is -2.43. The summed E-state index contributed by atoms with van der Waals surface area (Å²) in [6.45, 7) is 4.18. The van der Waals surface area contributed by atoms with E-state index < -0.39 is 0 Å². The molecule has 0 aliphatic heterocycles. The Balaban J connectivity index is 2.00. The Morgan fingerprint density at radius 1 is 1.47 bits per heavy atom. The van der Waals surface area contributed by atoms with Crippen LogP contribution >= 0.6 is 0 Å². The summed E-state index contributed by atoms with van der Waals surface area (Å²) in [5, 5.41) is 17.9. The third-order valence-corrected chi connectivity index (χ3v) is 3.71. The van der Waals surface area contributed by atoms with Gasteiger partial charge in [-0.25, -0.2) is 0 Å². The number of aliphatic hydroxyl groups is 1. The summed E-state index contributed by atoms with van der Waals surface area (Å²) in [5.41, 5.74) is 2.29. The van der Waals surface area contributed by atoms with E-state index in [4.69, 9.17) is 0 Å². The van der Waals surface area contributed by atoms with Crippen LogP contribution in [0.3, 0.4) is 0 Å². The third-order valence-electron chi connectivity index (χ3n) is 3.71. The second-order valence-electron chi connectivity index (χ2n) is 5.19. The number of aliphatic hydroxyl groups excluding tert-OH is 1. The quantitative estimate of drug-likeness (QED) is 0.841. The van der Waals surface area contributed by atoms with Crippen LogP contribution in [0.4, 0.5) is 0 Å². The van der Waals surface area contributed by atoms with Crippen molar-refractivity contribution in [3.63, 3.8) is 0 Å². The van der Waals surface area contributed by atoms with Gasteiger partial charge in [0, 0.05) is 30.9 Å². The Bertz CT molecular complexity index is 375. The molecule has 1 aromatic rings. The highest BCUT2D eigenvalue weighted by atomic mass is 16.3. The fraction of sp³-hybridized carbons (Fsp3) is 0.769. The van der Waals surface area contributed by atoms with E-state index in [9.17, 15) is 5.11 Å². The summed E-state index contributed by atoms with van der Waals surface area (Å²) in [4.78, 5) is 0. The molecule has 3 unspecified atom stereocenters. The number of hydrogen-bond acceptors (Lipinski definition) is 3. The van der Waals surface area contributed by atoms with E-state index in [-0.39, 0.29) is 18.2 Å². The smallest absolute Gasteiger partial charge is 0.0693 e.